The number of nitrogens with two attached hydrogens (primary N) is 1. The number of aliphatic hydroxyl groups is 3. The number of amides is 1. The molecule has 1 aromatic heterocycles. The molecule has 1 aromatic carbocycles. The van der Waals surface area contributed by atoms with Crippen LogP contribution in [-0.4, -0.2) is 113 Å². The third-order valence-corrected chi connectivity index (χ3v) is 16.8. The Morgan fingerprint density at radius 2 is 2.03 bits per heavy atom. The number of aliphatic hydroxyl groups excluding tert-OH is 3. The molecule has 0 radical (unpaired) electrons. The second kappa shape index (κ2) is 17.6. The molecule has 1 amide bonds. The van der Waals surface area contributed by atoms with Crippen molar-refractivity contribution in [2.75, 3.05) is 45.7 Å². The number of nitrogens with one attached hydrogen (secondary N) is 2. The van der Waals surface area contributed by atoms with Gasteiger partial charge in [-0.15, -0.1) is 0 Å². The van der Waals surface area contributed by atoms with Crippen LogP contribution < -0.4 is 26.7 Å². The SMILES string of the molecule is C/C=C(\CCO)C(=O)O[C@]1(C)CC=C2CSS[C@@H]3C[C@H](C=O)[C@H](NC)[C@H]4CN(C(=O)CC5=C(C=C(N)NC5)[C@@H]2[C@]12Cc1cc5cc(C[C@H](CO)CCO)c(=O)oc5cc1O2)[C@H]43. The van der Waals surface area contributed by atoms with Gasteiger partial charge < -0.3 is 55.3 Å². The summed E-state index contributed by atoms with van der Waals surface area (Å²) in [5, 5.41) is 36.6. The summed E-state index contributed by atoms with van der Waals surface area (Å²) < 4.78 is 19.8. The first-order valence-corrected chi connectivity index (χ1v) is 23.6. The minimum atomic E-state index is -1.30. The van der Waals surface area contributed by atoms with E-state index in [-0.39, 0.29) is 86.5 Å². The fourth-order valence-corrected chi connectivity index (χ4v) is 13.9. The number of ether oxygens (including phenoxy) is 2. The highest BCUT2D eigenvalue weighted by Gasteiger charge is 2.64. The van der Waals surface area contributed by atoms with Crippen molar-refractivity contribution in [1.29, 1.82) is 0 Å². The average molecular weight is 877 g/mol. The first-order chi connectivity index (χ1) is 29.4. The predicted molar refractivity (Wildman–Crippen MR) is 233 cm³/mol. The zero-order valence-corrected chi connectivity index (χ0v) is 36.4. The van der Waals surface area contributed by atoms with Gasteiger partial charge in [-0.3, -0.25) is 4.79 Å². The molecule has 2 aliphatic carbocycles. The number of allylic oxidation sites excluding steroid dienone is 2. The molecule has 0 bridgehead atoms. The summed E-state index contributed by atoms with van der Waals surface area (Å²) in [6, 6.07) is 5.41. The van der Waals surface area contributed by atoms with Gasteiger partial charge in [0.05, 0.1) is 24.2 Å². The lowest BCUT2D eigenvalue weighted by molar-refractivity contribution is -0.186. The molecule has 61 heavy (non-hydrogen) atoms. The lowest BCUT2D eigenvalue weighted by Crippen LogP contribution is -2.71. The Labute approximate surface area is 362 Å². The van der Waals surface area contributed by atoms with Crippen LogP contribution in [0.4, 0.5) is 0 Å². The third-order valence-electron chi connectivity index (χ3n) is 14.0. The molecule has 1 saturated heterocycles. The smallest absolute Gasteiger partial charge is 0.339 e. The summed E-state index contributed by atoms with van der Waals surface area (Å²) >= 11 is 0. The summed E-state index contributed by atoms with van der Waals surface area (Å²) in [6.07, 6.45) is 8.77. The van der Waals surface area contributed by atoms with Gasteiger partial charge in [0, 0.05) is 104 Å². The van der Waals surface area contributed by atoms with E-state index in [1.54, 1.807) is 46.7 Å². The first-order valence-electron chi connectivity index (χ1n) is 21.2. The van der Waals surface area contributed by atoms with E-state index in [9.17, 15) is 34.5 Å². The topological polar surface area (TPSA) is 214 Å². The van der Waals surface area contributed by atoms with Crippen LogP contribution in [-0.2, 0) is 32.0 Å². The van der Waals surface area contributed by atoms with Crippen LogP contribution in [0.3, 0.4) is 0 Å². The number of carbonyl (C=O) groups excluding carboxylic acids is 3. The van der Waals surface area contributed by atoms with Gasteiger partial charge >= 0.3 is 11.6 Å². The number of benzene rings is 1. The molecule has 1 saturated carbocycles. The Balaban J connectivity index is 1.26. The highest BCUT2D eigenvalue weighted by molar-refractivity contribution is 8.77. The monoisotopic (exact) mass is 876 g/mol. The van der Waals surface area contributed by atoms with Gasteiger partial charge in [0.1, 0.15) is 17.6 Å². The fourth-order valence-electron chi connectivity index (χ4n) is 10.7. The molecular formula is C45H56N4O10S2. The maximum absolute atomic E-state index is 14.5. The standard InChI is InChI=1S/C45H56N4O10S2/c1-4-25(7-10-51)43(56)59-44(2)8-5-26-23-60-61-36-14-31(22-53)40(47-3)33-20-49(41(33)36)38(54)15-30-19-48-37(46)16-32(30)39(26)45(44)18-29-13-27-12-28(11-24(21-52)6-9-50)42(55)57-34(27)17-35(29)58-45/h4-5,12-13,16-17,22,24,31,33,36,39-41,47-48,50-52H,6-11,14-15,18-21,23,46H2,1-3H3/b25-4+/t24-,31-,33-,36-,39-,40+,41-,44-,45-/m1/s1. The summed E-state index contributed by atoms with van der Waals surface area (Å²) in [5.41, 5.74) is 7.99. The fraction of sp³-hybridized carbons (Fsp3) is 0.556. The van der Waals surface area contributed by atoms with Crippen molar-refractivity contribution in [1.82, 2.24) is 15.5 Å². The Morgan fingerprint density at radius 1 is 1.21 bits per heavy atom. The molecule has 8 rings (SSSR count). The van der Waals surface area contributed by atoms with Crippen molar-refractivity contribution in [2.45, 2.75) is 87.3 Å². The number of nitrogens with zero attached hydrogens (tertiary/aromatic N) is 1. The minimum absolute atomic E-state index is 0.00134. The number of rotatable bonds is 11. The summed E-state index contributed by atoms with van der Waals surface area (Å²) in [4.78, 5) is 56.2. The summed E-state index contributed by atoms with van der Waals surface area (Å²) in [5.74, 6) is 0.0333. The maximum atomic E-state index is 14.5. The van der Waals surface area contributed by atoms with E-state index >= 15 is 0 Å². The van der Waals surface area contributed by atoms with E-state index < -0.39 is 28.7 Å². The summed E-state index contributed by atoms with van der Waals surface area (Å²) in [7, 11) is 5.31. The molecule has 0 unspecified atom stereocenters. The van der Waals surface area contributed by atoms with Crippen LogP contribution >= 0.6 is 21.6 Å². The van der Waals surface area contributed by atoms with Gasteiger partial charge in [0.15, 0.2) is 11.2 Å². The van der Waals surface area contributed by atoms with E-state index in [1.807, 2.05) is 31.0 Å². The number of hydrogen-bond acceptors (Lipinski definition) is 15. The molecule has 16 heteroatoms. The number of dihydropyridines is 1. The first kappa shape index (κ1) is 43.6. The molecule has 6 aliphatic rings. The highest BCUT2D eigenvalue weighted by atomic mass is 33.1. The number of fused-ring (bicyclic) bond motifs is 5. The van der Waals surface area contributed by atoms with Crippen molar-refractivity contribution in [3.63, 3.8) is 0 Å². The quantitative estimate of drug-likeness (QED) is 0.0478. The summed E-state index contributed by atoms with van der Waals surface area (Å²) in [6.45, 7) is 3.96. The Morgan fingerprint density at radius 3 is 2.75 bits per heavy atom. The van der Waals surface area contributed by atoms with E-state index in [2.05, 4.69) is 16.7 Å². The van der Waals surface area contributed by atoms with E-state index in [1.165, 1.54) is 0 Å². The van der Waals surface area contributed by atoms with Crippen molar-refractivity contribution in [3.05, 3.63) is 86.1 Å². The zero-order valence-electron chi connectivity index (χ0n) is 34.8. The van der Waals surface area contributed by atoms with Gasteiger partial charge in [-0.05, 0) is 81.0 Å². The van der Waals surface area contributed by atoms with Crippen LogP contribution in [0.5, 0.6) is 5.75 Å². The van der Waals surface area contributed by atoms with Gasteiger partial charge in [-0.25, -0.2) is 9.59 Å². The van der Waals surface area contributed by atoms with Crippen molar-refractivity contribution >= 4 is 50.7 Å². The minimum Gasteiger partial charge on any atom is -0.481 e. The molecule has 5 heterocycles. The lowest BCUT2D eigenvalue weighted by atomic mass is 9.61. The molecule has 2 aromatic rings. The molecule has 9 atom stereocenters. The van der Waals surface area contributed by atoms with Crippen LogP contribution in [0.15, 0.2) is 73.8 Å². The van der Waals surface area contributed by atoms with Gasteiger partial charge in [-0.1, -0.05) is 39.3 Å². The molecular weight excluding hydrogens is 821 g/mol. The number of hydrogen-bond donors (Lipinski definition) is 6. The molecule has 7 N–H and O–H groups in total. The zero-order chi connectivity index (χ0) is 43.2. The molecule has 4 aliphatic heterocycles. The van der Waals surface area contributed by atoms with Crippen LogP contribution in [0.1, 0.15) is 57.1 Å². The number of aldehydes is 1. The maximum Gasteiger partial charge on any atom is 0.339 e. The molecule has 1 spiro atoms. The van der Waals surface area contributed by atoms with Crippen LogP contribution in [0.2, 0.25) is 0 Å². The van der Waals surface area contributed by atoms with E-state index in [4.69, 9.17) is 19.6 Å². The molecule has 14 nitrogen and oxygen atoms in total. The second-order valence-electron chi connectivity index (χ2n) is 17.5. The van der Waals surface area contributed by atoms with Gasteiger partial charge in [0.2, 0.25) is 5.91 Å². The molecule has 328 valence electrons. The van der Waals surface area contributed by atoms with Gasteiger partial charge in [0.25, 0.3) is 0 Å². The van der Waals surface area contributed by atoms with Crippen LogP contribution in [0.25, 0.3) is 11.0 Å². The van der Waals surface area contributed by atoms with Crippen LogP contribution in [0, 0.1) is 23.7 Å². The van der Waals surface area contributed by atoms with Crippen molar-refractivity contribution in [3.8, 4) is 5.75 Å². The average Bonchev–Trinajstić information content (AvgIpc) is 3.60. The Kier molecular flexibility index (Phi) is 12.6. The third kappa shape index (κ3) is 7.75. The van der Waals surface area contributed by atoms with Crippen molar-refractivity contribution < 1.29 is 43.6 Å². The van der Waals surface area contributed by atoms with E-state index in [0.717, 1.165) is 28.6 Å². The lowest BCUT2D eigenvalue weighted by Gasteiger charge is -2.58. The second-order valence-corrected chi connectivity index (χ2v) is 20.1. The highest BCUT2D eigenvalue weighted by Crippen LogP contribution is 2.58. The number of esters is 1. The Bertz CT molecular complexity index is 2270. The largest absolute Gasteiger partial charge is 0.481 e. The number of carbonyl (C=O) groups is 3. The normalized spacial score (nSPS) is 31.5. The molecule has 2 fully saturated rings. The van der Waals surface area contributed by atoms with Crippen molar-refractivity contribution in [2.24, 2.45) is 29.4 Å². The van der Waals surface area contributed by atoms with E-state index in [0.29, 0.717) is 71.8 Å². The predicted octanol–water partition coefficient (Wildman–Crippen LogP) is 3.06. The van der Waals surface area contributed by atoms with Gasteiger partial charge in [-0.2, -0.15) is 0 Å². The Hall–Kier alpha value is -4.06.